The quantitative estimate of drug-likeness (QED) is 0.837. The van der Waals surface area contributed by atoms with Gasteiger partial charge < -0.3 is 10.6 Å². The fraction of sp³-hybridized carbons (Fsp3) is 0.789. The van der Waals surface area contributed by atoms with Gasteiger partial charge in [0.15, 0.2) is 0 Å². The molecule has 1 aromatic rings. The van der Waals surface area contributed by atoms with Crippen molar-refractivity contribution in [2.75, 3.05) is 19.6 Å². The van der Waals surface area contributed by atoms with Crippen molar-refractivity contribution >= 4 is 18.3 Å². The van der Waals surface area contributed by atoms with Gasteiger partial charge in [0.1, 0.15) is 5.69 Å². The molecule has 0 bridgehead atoms. The third-order valence-corrected chi connectivity index (χ3v) is 5.87. The van der Waals surface area contributed by atoms with Crippen LogP contribution in [0.25, 0.3) is 0 Å². The van der Waals surface area contributed by atoms with Crippen LogP contribution in [0, 0.1) is 17.8 Å². The normalized spacial score (nSPS) is 26.9. The number of piperidine rings is 1. The zero-order valence-electron chi connectivity index (χ0n) is 15.5. The number of hydrogen-bond donors (Lipinski definition) is 2. The maximum Gasteiger partial charge on any atom is 0.271 e. The molecular weight excluding hydrogens is 336 g/mol. The Hall–Kier alpha value is -1.07. The van der Waals surface area contributed by atoms with Crippen LogP contribution in [0.4, 0.5) is 0 Å². The number of amides is 1. The first-order valence-corrected chi connectivity index (χ1v) is 9.67. The van der Waals surface area contributed by atoms with Gasteiger partial charge in [-0.3, -0.25) is 9.48 Å². The van der Waals surface area contributed by atoms with E-state index in [0.717, 1.165) is 37.9 Å². The molecule has 1 aromatic heterocycles. The lowest BCUT2D eigenvalue weighted by Gasteiger charge is -2.30. The zero-order valence-corrected chi connectivity index (χ0v) is 16.4. The van der Waals surface area contributed by atoms with Crippen LogP contribution >= 0.6 is 12.4 Å². The molecule has 1 aliphatic carbocycles. The van der Waals surface area contributed by atoms with Gasteiger partial charge in [0.2, 0.25) is 0 Å². The first kappa shape index (κ1) is 20.2. The van der Waals surface area contributed by atoms with Crippen molar-refractivity contribution in [2.24, 2.45) is 17.8 Å². The SMILES string of the molecule is CC(C)C1CCC(CNC(=O)c2ccn(C3CCCNC3)n2)CC1.Cl. The van der Waals surface area contributed by atoms with Crippen LogP contribution < -0.4 is 10.6 Å². The third-order valence-electron chi connectivity index (χ3n) is 5.87. The van der Waals surface area contributed by atoms with Gasteiger partial charge in [-0.15, -0.1) is 12.4 Å². The van der Waals surface area contributed by atoms with Crippen LogP contribution in [0.3, 0.4) is 0 Å². The van der Waals surface area contributed by atoms with Gasteiger partial charge in [-0.1, -0.05) is 13.8 Å². The monoisotopic (exact) mass is 368 g/mol. The van der Waals surface area contributed by atoms with Crippen LogP contribution in [0.2, 0.25) is 0 Å². The van der Waals surface area contributed by atoms with Crippen LogP contribution in [0.5, 0.6) is 0 Å². The number of rotatable bonds is 5. The highest BCUT2D eigenvalue weighted by Gasteiger charge is 2.24. The van der Waals surface area contributed by atoms with Crippen LogP contribution in [-0.4, -0.2) is 35.3 Å². The number of carbonyl (C=O) groups excluding carboxylic acids is 1. The molecule has 2 aliphatic rings. The van der Waals surface area contributed by atoms with E-state index < -0.39 is 0 Å². The lowest BCUT2D eigenvalue weighted by atomic mass is 9.77. The molecule has 0 radical (unpaired) electrons. The standard InChI is InChI=1S/C19H32N4O.ClH/c1-14(2)16-7-5-15(6-8-16)12-21-19(24)18-9-11-23(22-18)17-4-3-10-20-13-17;/h9,11,14-17,20H,3-8,10,12-13H2,1-2H3,(H,21,24);1H. The van der Waals surface area contributed by atoms with Gasteiger partial charge in [-0.2, -0.15) is 5.10 Å². The molecule has 0 spiro atoms. The second kappa shape index (κ2) is 9.58. The van der Waals surface area contributed by atoms with Crippen molar-refractivity contribution in [3.05, 3.63) is 18.0 Å². The van der Waals surface area contributed by atoms with Gasteiger partial charge in [0.25, 0.3) is 5.91 Å². The minimum atomic E-state index is -0.0245. The van der Waals surface area contributed by atoms with E-state index in [9.17, 15) is 4.79 Å². The van der Waals surface area contributed by atoms with Crippen LogP contribution in [0.15, 0.2) is 12.3 Å². The molecule has 1 unspecified atom stereocenters. The molecule has 142 valence electrons. The first-order chi connectivity index (χ1) is 11.6. The maximum absolute atomic E-state index is 12.4. The fourth-order valence-electron chi connectivity index (χ4n) is 4.11. The average Bonchev–Trinajstić information content (AvgIpc) is 3.11. The zero-order chi connectivity index (χ0) is 16.9. The van der Waals surface area contributed by atoms with Crippen molar-refractivity contribution in [1.29, 1.82) is 0 Å². The van der Waals surface area contributed by atoms with Gasteiger partial charge >= 0.3 is 0 Å². The van der Waals surface area contributed by atoms with Crippen molar-refractivity contribution < 1.29 is 4.79 Å². The Morgan fingerprint density at radius 1 is 1.32 bits per heavy atom. The minimum Gasteiger partial charge on any atom is -0.350 e. The van der Waals surface area contributed by atoms with E-state index >= 15 is 0 Å². The number of nitrogens with one attached hydrogen (secondary N) is 2. The molecule has 1 atom stereocenters. The molecule has 1 saturated carbocycles. The molecule has 6 heteroatoms. The highest BCUT2D eigenvalue weighted by molar-refractivity contribution is 5.92. The van der Waals surface area contributed by atoms with Gasteiger partial charge in [0, 0.05) is 19.3 Å². The Bertz CT molecular complexity index is 531. The van der Waals surface area contributed by atoms with E-state index in [1.54, 1.807) is 0 Å². The van der Waals surface area contributed by atoms with Crippen molar-refractivity contribution in [2.45, 2.75) is 58.4 Å². The van der Waals surface area contributed by atoms with Crippen LogP contribution in [-0.2, 0) is 0 Å². The molecular formula is C19H33ClN4O. The number of halogens is 1. The Morgan fingerprint density at radius 3 is 2.72 bits per heavy atom. The molecule has 2 fully saturated rings. The van der Waals surface area contributed by atoms with E-state index in [1.165, 1.54) is 32.1 Å². The van der Waals surface area contributed by atoms with Gasteiger partial charge in [-0.05, 0) is 68.9 Å². The molecule has 1 aliphatic heterocycles. The molecule has 25 heavy (non-hydrogen) atoms. The molecule has 2 heterocycles. The smallest absolute Gasteiger partial charge is 0.271 e. The summed E-state index contributed by atoms with van der Waals surface area (Å²) < 4.78 is 1.95. The Kier molecular flexibility index (Phi) is 7.76. The van der Waals surface area contributed by atoms with Gasteiger partial charge in [0.05, 0.1) is 6.04 Å². The summed E-state index contributed by atoms with van der Waals surface area (Å²) in [5.41, 5.74) is 0.552. The second-order valence-corrected chi connectivity index (χ2v) is 7.92. The van der Waals surface area contributed by atoms with E-state index in [1.807, 2.05) is 16.9 Å². The predicted molar refractivity (Wildman–Crippen MR) is 103 cm³/mol. The van der Waals surface area contributed by atoms with E-state index in [2.05, 4.69) is 29.6 Å². The number of hydrogen-bond acceptors (Lipinski definition) is 3. The summed E-state index contributed by atoms with van der Waals surface area (Å²) in [4.78, 5) is 12.4. The summed E-state index contributed by atoms with van der Waals surface area (Å²) in [6.07, 6.45) is 9.35. The Morgan fingerprint density at radius 2 is 2.08 bits per heavy atom. The number of nitrogens with zero attached hydrogens (tertiary/aromatic N) is 2. The minimum absolute atomic E-state index is 0. The lowest BCUT2D eigenvalue weighted by molar-refractivity contribution is 0.0933. The molecule has 1 amide bonds. The predicted octanol–water partition coefficient (Wildman–Crippen LogP) is 3.42. The Balaban J connectivity index is 0.00000225. The summed E-state index contributed by atoms with van der Waals surface area (Å²) >= 11 is 0. The van der Waals surface area contributed by atoms with Gasteiger partial charge in [-0.25, -0.2) is 0 Å². The first-order valence-electron chi connectivity index (χ1n) is 9.67. The lowest BCUT2D eigenvalue weighted by Crippen LogP contribution is -2.33. The molecule has 1 saturated heterocycles. The molecule has 2 N–H and O–H groups in total. The largest absolute Gasteiger partial charge is 0.350 e. The third kappa shape index (κ3) is 5.45. The highest BCUT2D eigenvalue weighted by Crippen LogP contribution is 2.32. The fourth-order valence-corrected chi connectivity index (χ4v) is 4.11. The van der Waals surface area contributed by atoms with E-state index in [-0.39, 0.29) is 18.3 Å². The Labute approximate surface area is 157 Å². The highest BCUT2D eigenvalue weighted by atomic mass is 35.5. The topological polar surface area (TPSA) is 59.0 Å². The van der Waals surface area contributed by atoms with E-state index in [4.69, 9.17) is 0 Å². The molecule has 3 rings (SSSR count). The summed E-state index contributed by atoms with van der Waals surface area (Å²) in [5.74, 6) is 2.27. The molecule has 5 nitrogen and oxygen atoms in total. The van der Waals surface area contributed by atoms with Crippen molar-refractivity contribution in [3.63, 3.8) is 0 Å². The van der Waals surface area contributed by atoms with Crippen LogP contribution in [0.1, 0.15) is 68.9 Å². The summed E-state index contributed by atoms with van der Waals surface area (Å²) in [6.45, 7) is 7.48. The summed E-state index contributed by atoms with van der Waals surface area (Å²) in [7, 11) is 0. The average molecular weight is 369 g/mol. The van der Waals surface area contributed by atoms with Crippen molar-refractivity contribution in [1.82, 2.24) is 20.4 Å². The summed E-state index contributed by atoms with van der Waals surface area (Å²) in [5, 5.41) is 11.0. The maximum atomic E-state index is 12.4. The van der Waals surface area contributed by atoms with E-state index in [0.29, 0.717) is 17.7 Å². The summed E-state index contributed by atoms with van der Waals surface area (Å²) in [6, 6.07) is 2.23. The molecule has 0 aromatic carbocycles. The second-order valence-electron chi connectivity index (χ2n) is 7.92. The van der Waals surface area contributed by atoms with Crippen molar-refractivity contribution in [3.8, 4) is 0 Å². The number of carbonyl (C=O) groups is 1. The number of aromatic nitrogens is 2.